The maximum Gasteiger partial charge on any atom is 0.391 e. The van der Waals surface area contributed by atoms with Gasteiger partial charge in [-0.05, 0) is 19.3 Å². The number of nitrogens with one attached hydrogen (secondary N) is 2. The predicted octanol–water partition coefficient (Wildman–Crippen LogP) is 1.44. The van der Waals surface area contributed by atoms with Gasteiger partial charge in [0.25, 0.3) is 0 Å². The molecular weight excluding hydrogens is 221 g/mol. The Morgan fingerprint density at radius 2 is 2.06 bits per heavy atom. The van der Waals surface area contributed by atoms with E-state index in [9.17, 15) is 18.0 Å². The first-order valence-electron chi connectivity index (χ1n) is 5.44. The van der Waals surface area contributed by atoms with Crippen LogP contribution in [0.3, 0.4) is 0 Å². The molecule has 1 rings (SSSR count). The molecule has 1 fully saturated rings. The fourth-order valence-electron chi connectivity index (χ4n) is 2.00. The van der Waals surface area contributed by atoms with Gasteiger partial charge < -0.3 is 10.6 Å². The molecule has 0 heterocycles. The van der Waals surface area contributed by atoms with Crippen LogP contribution in [0.25, 0.3) is 0 Å². The second-order valence-electron chi connectivity index (χ2n) is 4.16. The van der Waals surface area contributed by atoms with E-state index in [2.05, 4.69) is 10.6 Å². The van der Waals surface area contributed by atoms with Crippen molar-refractivity contribution in [1.29, 1.82) is 0 Å². The van der Waals surface area contributed by atoms with Crippen LogP contribution in [0.2, 0.25) is 0 Å². The number of hydrogen-bond acceptors (Lipinski definition) is 2. The van der Waals surface area contributed by atoms with Crippen LogP contribution < -0.4 is 10.6 Å². The first-order chi connectivity index (χ1) is 7.43. The zero-order valence-electron chi connectivity index (χ0n) is 9.23. The van der Waals surface area contributed by atoms with E-state index < -0.39 is 12.1 Å². The van der Waals surface area contributed by atoms with E-state index in [0.717, 1.165) is 0 Å². The van der Waals surface area contributed by atoms with E-state index >= 15 is 0 Å². The van der Waals surface area contributed by atoms with Gasteiger partial charge in [-0.2, -0.15) is 13.2 Å². The van der Waals surface area contributed by atoms with Crippen LogP contribution in [0.4, 0.5) is 13.2 Å². The van der Waals surface area contributed by atoms with Gasteiger partial charge in [0.2, 0.25) is 5.91 Å². The highest BCUT2D eigenvalue weighted by Crippen LogP contribution is 2.37. The molecule has 0 spiro atoms. The summed E-state index contributed by atoms with van der Waals surface area (Å²) in [6.45, 7) is 0.0890. The summed E-state index contributed by atoms with van der Waals surface area (Å²) in [5.74, 6) is -1.42. The van der Waals surface area contributed by atoms with Crippen LogP contribution in [0.1, 0.15) is 25.7 Å². The molecule has 2 atom stereocenters. The van der Waals surface area contributed by atoms with Crippen molar-refractivity contribution in [3.63, 3.8) is 0 Å². The van der Waals surface area contributed by atoms with Crippen molar-refractivity contribution in [3.8, 4) is 0 Å². The number of halogens is 3. The third-order valence-electron chi connectivity index (χ3n) is 2.97. The van der Waals surface area contributed by atoms with Crippen LogP contribution in [-0.2, 0) is 4.79 Å². The quantitative estimate of drug-likeness (QED) is 0.781. The maximum atomic E-state index is 12.5. The number of rotatable bonds is 3. The normalized spacial score (nSPS) is 26.5. The Bertz CT molecular complexity index is 243. The minimum atomic E-state index is -4.10. The van der Waals surface area contributed by atoms with Gasteiger partial charge in [0.15, 0.2) is 0 Å². The average molecular weight is 238 g/mol. The van der Waals surface area contributed by atoms with Crippen molar-refractivity contribution in [3.05, 3.63) is 0 Å². The monoisotopic (exact) mass is 238 g/mol. The van der Waals surface area contributed by atoms with E-state index in [1.165, 1.54) is 7.05 Å². The third-order valence-corrected chi connectivity index (χ3v) is 2.97. The highest BCUT2D eigenvalue weighted by molar-refractivity contribution is 5.77. The lowest BCUT2D eigenvalue weighted by Crippen LogP contribution is -2.42. The SMILES string of the molecule is CNC(=O)CNC1CCCC(C(F)(F)F)C1. The Hall–Kier alpha value is -0.780. The zero-order valence-corrected chi connectivity index (χ0v) is 9.23. The maximum absolute atomic E-state index is 12.5. The minimum absolute atomic E-state index is 0.0838. The molecule has 0 bridgehead atoms. The number of carbonyl (C=O) groups excluding carboxylic acids is 1. The third kappa shape index (κ3) is 4.00. The first kappa shape index (κ1) is 13.3. The molecule has 6 heteroatoms. The molecule has 94 valence electrons. The molecule has 0 saturated heterocycles. The van der Waals surface area contributed by atoms with Crippen molar-refractivity contribution in [2.24, 2.45) is 5.92 Å². The molecule has 2 unspecified atom stereocenters. The zero-order chi connectivity index (χ0) is 12.2. The molecule has 1 aliphatic rings. The van der Waals surface area contributed by atoms with Crippen LogP contribution in [0.5, 0.6) is 0 Å². The van der Waals surface area contributed by atoms with Crippen molar-refractivity contribution in [2.75, 3.05) is 13.6 Å². The van der Waals surface area contributed by atoms with Gasteiger partial charge in [-0.3, -0.25) is 4.79 Å². The van der Waals surface area contributed by atoms with Crippen molar-refractivity contribution in [2.45, 2.75) is 37.9 Å². The number of alkyl halides is 3. The van der Waals surface area contributed by atoms with Gasteiger partial charge in [0, 0.05) is 13.1 Å². The standard InChI is InChI=1S/C10H17F3N2O/c1-14-9(16)6-15-8-4-2-3-7(5-8)10(11,12)13/h7-8,15H,2-6H2,1H3,(H,14,16). The van der Waals surface area contributed by atoms with Gasteiger partial charge in [-0.1, -0.05) is 6.42 Å². The topological polar surface area (TPSA) is 41.1 Å². The Balaban J connectivity index is 2.36. The van der Waals surface area contributed by atoms with Crippen LogP contribution >= 0.6 is 0 Å². The Kier molecular flexibility index (Phi) is 4.58. The summed E-state index contributed by atoms with van der Waals surface area (Å²) in [5.41, 5.74) is 0. The highest BCUT2D eigenvalue weighted by atomic mass is 19.4. The molecule has 0 radical (unpaired) electrons. The second-order valence-corrected chi connectivity index (χ2v) is 4.16. The first-order valence-corrected chi connectivity index (χ1v) is 5.44. The molecule has 0 aromatic heterocycles. The summed E-state index contributed by atoms with van der Waals surface area (Å²) < 4.78 is 37.4. The van der Waals surface area contributed by atoms with Gasteiger partial charge in [0.05, 0.1) is 12.5 Å². The van der Waals surface area contributed by atoms with Gasteiger partial charge >= 0.3 is 6.18 Å². The lowest BCUT2D eigenvalue weighted by molar-refractivity contribution is -0.183. The Morgan fingerprint density at radius 1 is 1.38 bits per heavy atom. The predicted molar refractivity (Wildman–Crippen MR) is 53.9 cm³/mol. The fraction of sp³-hybridized carbons (Fsp3) is 0.900. The molecule has 16 heavy (non-hydrogen) atoms. The van der Waals surface area contributed by atoms with Gasteiger partial charge in [0.1, 0.15) is 0 Å². The van der Waals surface area contributed by atoms with Gasteiger partial charge in [-0.25, -0.2) is 0 Å². The molecule has 0 aromatic carbocycles. The van der Waals surface area contributed by atoms with E-state index in [1.807, 2.05) is 0 Å². The largest absolute Gasteiger partial charge is 0.391 e. The van der Waals surface area contributed by atoms with Gasteiger partial charge in [-0.15, -0.1) is 0 Å². The van der Waals surface area contributed by atoms with Crippen molar-refractivity contribution in [1.82, 2.24) is 10.6 Å². The Labute approximate surface area is 92.8 Å². The molecule has 1 aliphatic carbocycles. The average Bonchev–Trinajstić information content (AvgIpc) is 2.25. The molecule has 2 N–H and O–H groups in total. The van der Waals surface area contributed by atoms with E-state index in [1.54, 1.807) is 0 Å². The number of likely N-dealkylation sites (N-methyl/N-ethyl adjacent to an activating group) is 1. The van der Waals surface area contributed by atoms with Crippen LogP contribution in [-0.4, -0.2) is 31.7 Å². The van der Waals surface area contributed by atoms with Crippen LogP contribution in [0, 0.1) is 5.92 Å². The van der Waals surface area contributed by atoms with Crippen molar-refractivity contribution >= 4 is 5.91 Å². The highest BCUT2D eigenvalue weighted by Gasteiger charge is 2.41. The molecule has 0 aromatic rings. The summed E-state index contributed by atoms with van der Waals surface area (Å²) in [4.78, 5) is 10.9. The second kappa shape index (κ2) is 5.52. The van der Waals surface area contributed by atoms with E-state index in [-0.39, 0.29) is 31.3 Å². The van der Waals surface area contributed by atoms with Crippen LogP contribution in [0.15, 0.2) is 0 Å². The summed E-state index contributed by atoms with van der Waals surface area (Å²) in [7, 11) is 1.50. The lowest BCUT2D eigenvalue weighted by atomic mass is 9.85. The number of hydrogen-bond donors (Lipinski definition) is 2. The number of carbonyl (C=O) groups is 1. The number of amides is 1. The van der Waals surface area contributed by atoms with E-state index in [0.29, 0.717) is 12.8 Å². The molecule has 0 aliphatic heterocycles. The van der Waals surface area contributed by atoms with Crippen molar-refractivity contribution < 1.29 is 18.0 Å². The van der Waals surface area contributed by atoms with E-state index in [4.69, 9.17) is 0 Å². The fourth-order valence-corrected chi connectivity index (χ4v) is 2.00. The minimum Gasteiger partial charge on any atom is -0.358 e. The molecule has 1 amide bonds. The molecule has 3 nitrogen and oxygen atoms in total. The summed E-state index contributed by atoms with van der Waals surface area (Å²) >= 11 is 0. The molecule has 1 saturated carbocycles. The smallest absolute Gasteiger partial charge is 0.358 e. The summed E-state index contributed by atoms with van der Waals surface area (Å²) in [5, 5.41) is 5.28. The lowest BCUT2D eigenvalue weighted by Gasteiger charge is -2.30. The molecular formula is C10H17F3N2O. The summed E-state index contributed by atoms with van der Waals surface area (Å²) in [6, 6.07) is -0.197. The Morgan fingerprint density at radius 3 is 2.62 bits per heavy atom. The summed E-state index contributed by atoms with van der Waals surface area (Å²) in [6.07, 6.45) is -2.53.